The van der Waals surface area contributed by atoms with E-state index < -0.39 is 0 Å². The molecule has 6 nitrogen and oxygen atoms in total. The maximum absolute atomic E-state index is 12.5. The Morgan fingerprint density at radius 1 is 1.12 bits per heavy atom. The van der Waals surface area contributed by atoms with Crippen molar-refractivity contribution in [1.82, 2.24) is 24.6 Å². The summed E-state index contributed by atoms with van der Waals surface area (Å²) in [6.07, 6.45) is 7.23. The zero-order valence-corrected chi connectivity index (χ0v) is 14.5. The highest BCUT2D eigenvalue weighted by Gasteiger charge is 2.19. The Hall–Kier alpha value is -2.21. The number of aromatic nitrogens is 3. The predicted octanol–water partition coefficient (Wildman–Crippen LogP) is 1.40. The number of hydrogen-bond acceptors (Lipinski definition) is 4. The van der Waals surface area contributed by atoms with Crippen molar-refractivity contribution < 1.29 is 4.79 Å². The Balaban J connectivity index is 1.52. The van der Waals surface area contributed by atoms with Crippen molar-refractivity contribution in [2.24, 2.45) is 7.05 Å². The van der Waals surface area contributed by atoms with Gasteiger partial charge in [-0.2, -0.15) is 5.10 Å². The highest BCUT2D eigenvalue weighted by molar-refractivity contribution is 5.78. The van der Waals surface area contributed by atoms with Gasteiger partial charge in [-0.05, 0) is 25.0 Å². The summed E-state index contributed by atoms with van der Waals surface area (Å²) in [7, 11) is 1.94. The van der Waals surface area contributed by atoms with Crippen LogP contribution < -0.4 is 0 Å². The minimum atomic E-state index is 0.198. The van der Waals surface area contributed by atoms with Crippen LogP contribution in [0.3, 0.4) is 0 Å². The minimum absolute atomic E-state index is 0.198. The van der Waals surface area contributed by atoms with Crippen LogP contribution in [0.1, 0.15) is 23.2 Å². The monoisotopic (exact) mass is 327 g/mol. The summed E-state index contributed by atoms with van der Waals surface area (Å²) >= 11 is 0. The number of rotatable bonds is 4. The fraction of sp³-hybridized carbons (Fsp3) is 0.500. The van der Waals surface area contributed by atoms with Gasteiger partial charge in [0.2, 0.25) is 5.91 Å². The second-order valence-corrected chi connectivity index (χ2v) is 6.52. The maximum atomic E-state index is 12.5. The minimum Gasteiger partial charge on any atom is -0.341 e. The zero-order valence-electron chi connectivity index (χ0n) is 14.5. The lowest BCUT2D eigenvalue weighted by atomic mass is 10.2. The second kappa shape index (κ2) is 7.57. The van der Waals surface area contributed by atoms with E-state index in [1.807, 2.05) is 41.9 Å². The number of nitrogens with zero attached hydrogens (tertiary/aromatic N) is 5. The van der Waals surface area contributed by atoms with E-state index in [2.05, 4.69) is 21.2 Å². The summed E-state index contributed by atoms with van der Waals surface area (Å²) in [5.74, 6) is 0.198. The molecule has 3 heterocycles. The molecule has 0 bridgehead atoms. The summed E-state index contributed by atoms with van der Waals surface area (Å²) in [5.41, 5.74) is 3.19. The number of carbonyl (C=O) groups excluding carboxylic acids is 1. The largest absolute Gasteiger partial charge is 0.341 e. The summed E-state index contributed by atoms with van der Waals surface area (Å²) in [6, 6.07) is 3.95. The molecule has 1 aliphatic heterocycles. The van der Waals surface area contributed by atoms with Crippen LogP contribution in [0, 0.1) is 6.92 Å². The standard InChI is InChI=1S/C18H25N5O/c1-15-4-5-16(11-19-15)10-18(24)23-7-3-6-22(8-9-23)14-17-12-20-21(2)13-17/h4-5,11-13H,3,6-10,14H2,1-2H3. The van der Waals surface area contributed by atoms with E-state index in [1.54, 1.807) is 6.20 Å². The van der Waals surface area contributed by atoms with E-state index in [1.165, 1.54) is 5.56 Å². The van der Waals surface area contributed by atoms with Gasteiger partial charge in [0.05, 0.1) is 12.6 Å². The van der Waals surface area contributed by atoms with Crippen molar-refractivity contribution >= 4 is 5.91 Å². The zero-order chi connectivity index (χ0) is 16.9. The SMILES string of the molecule is Cc1ccc(CC(=O)N2CCCN(Cc3cnn(C)c3)CC2)cn1. The Bertz CT molecular complexity index is 679. The average Bonchev–Trinajstić information content (AvgIpc) is 2.82. The third-order valence-electron chi connectivity index (χ3n) is 4.43. The van der Waals surface area contributed by atoms with Crippen molar-refractivity contribution in [2.75, 3.05) is 26.2 Å². The van der Waals surface area contributed by atoms with Crippen LogP contribution in [0.5, 0.6) is 0 Å². The van der Waals surface area contributed by atoms with E-state index in [-0.39, 0.29) is 5.91 Å². The number of pyridine rings is 1. The molecule has 0 saturated carbocycles. The van der Waals surface area contributed by atoms with Crippen LogP contribution >= 0.6 is 0 Å². The van der Waals surface area contributed by atoms with Crippen LogP contribution in [0.15, 0.2) is 30.7 Å². The third kappa shape index (κ3) is 4.41. The molecule has 0 N–H and O–H groups in total. The molecular weight excluding hydrogens is 302 g/mol. The van der Waals surface area contributed by atoms with Crippen molar-refractivity contribution in [3.05, 3.63) is 47.5 Å². The first-order valence-corrected chi connectivity index (χ1v) is 8.49. The normalized spacial score (nSPS) is 16.2. The molecule has 2 aromatic rings. The third-order valence-corrected chi connectivity index (χ3v) is 4.43. The number of aryl methyl sites for hydroxylation is 2. The van der Waals surface area contributed by atoms with Crippen molar-refractivity contribution in [3.63, 3.8) is 0 Å². The van der Waals surface area contributed by atoms with Crippen LogP contribution in [-0.2, 0) is 24.8 Å². The Morgan fingerprint density at radius 3 is 2.71 bits per heavy atom. The van der Waals surface area contributed by atoms with Crippen LogP contribution in [0.25, 0.3) is 0 Å². The lowest BCUT2D eigenvalue weighted by molar-refractivity contribution is -0.130. The lowest BCUT2D eigenvalue weighted by Crippen LogP contribution is -2.36. The van der Waals surface area contributed by atoms with Gasteiger partial charge in [-0.3, -0.25) is 19.4 Å². The maximum Gasteiger partial charge on any atom is 0.227 e. The van der Waals surface area contributed by atoms with Gasteiger partial charge >= 0.3 is 0 Å². The highest BCUT2D eigenvalue weighted by Crippen LogP contribution is 2.10. The molecule has 0 atom stereocenters. The van der Waals surface area contributed by atoms with Gasteiger partial charge in [0.15, 0.2) is 0 Å². The first kappa shape index (κ1) is 16.6. The molecule has 0 radical (unpaired) electrons. The fourth-order valence-electron chi connectivity index (χ4n) is 3.08. The van der Waals surface area contributed by atoms with Gasteiger partial charge in [0.25, 0.3) is 0 Å². The molecule has 6 heteroatoms. The molecule has 24 heavy (non-hydrogen) atoms. The van der Waals surface area contributed by atoms with E-state index in [0.717, 1.165) is 50.4 Å². The molecular formula is C18H25N5O. The summed E-state index contributed by atoms with van der Waals surface area (Å²) < 4.78 is 1.83. The molecule has 0 aromatic carbocycles. The van der Waals surface area contributed by atoms with Crippen LogP contribution in [0.4, 0.5) is 0 Å². The Labute approximate surface area is 143 Å². The average molecular weight is 327 g/mol. The van der Waals surface area contributed by atoms with E-state index in [4.69, 9.17) is 0 Å². The topological polar surface area (TPSA) is 54.3 Å². The number of carbonyl (C=O) groups is 1. The molecule has 0 unspecified atom stereocenters. The number of amides is 1. The smallest absolute Gasteiger partial charge is 0.227 e. The Kier molecular flexibility index (Phi) is 5.25. The molecule has 1 fully saturated rings. The van der Waals surface area contributed by atoms with Gasteiger partial charge in [-0.1, -0.05) is 6.07 Å². The summed E-state index contributed by atoms with van der Waals surface area (Å²) in [6.45, 7) is 6.41. The predicted molar refractivity (Wildman–Crippen MR) is 92.4 cm³/mol. The molecule has 1 amide bonds. The second-order valence-electron chi connectivity index (χ2n) is 6.52. The van der Waals surface area contributed by atoms with Crippen molar-refractivity contribution in [1.29, 1.82) is 0 Å². The molecule has 0 aliphatic carbocycles. The first-order chi connectivity index (χ1) is 11.6. The van der Waals surface area contributed by atoms with E-state index in [0.29, 0.717) is 6.42 Å². The van der Waals surface area contributed by atoms with E-state index in [9.17, 15) is 4.79 Å². The van der Waals surface area contributed by atoms with E-state index >= 15 is 0 Å². The molecule has 1 aliphatic rings. The molecule has 2 aromatic heterocycles. The number of hydrogen-bond donors (Lipinski definition) is 0. The van der Waals surface area contributed by atoms with Gasteiger partial charge in [-0.15, -0.1) is 0 Å². The van der Waals surface area contributed by atoms with Crippen LogP contribution in [0.2, 0.25) is 0 Å². The van der Waals surface area contributed by atoms with Gasteiger partial charge in [0.1, 0.15) is 0 Å². The van der Waals surface area contributed by atoms with Crippen molar-refractivity contribution in [2.45, 2.75) is 26.3 Å². The summed E-state index contributed by atoms with van der Waals surface area (Å²) in [4.78, 5) is 21.2. The molecule has 1 saturated heterocycles. The molecule has 3 rings (SSSR count). The van der Waals surface area contributed by atoms with Gasteiger partial charge < -0.3 is 4.90 Å². The van der Waals surface area contributed by atoms with Crippen LogP contribution in [-0.4, -0.2) is 56.7 Å². The van der Waals surface area contributed by atoms with Gasteiger partial charge in [0, 0.05) is 63.4 Å². The molecule has 0 spiro atoms. The quantitative estimate of drug-likeness (QED) is 0.852. The highest BCUT2D eigenvalue weighted by atomic mass is 16.2. The van der Waals surface area contributed by atoms with Crippen molar-refractivity contribution in [3.8, 4) is 0 Å². The molecule has 128 valence electrons. The summed E-state index contributed by atoms with van der Waals surface area (Å²) in [5, 5.41) is 4.22. The fourth-order valence-corrected chi connectivity index (χ4v) is 3.08. The Morgan fingerprint density at radius 2 is 2.00 bits per heavy atom. The lowest BCUT2D eigenvalue weighted by Gasteiger charge is -2.21. The first-order valence-electron chi connectivity index (χ1n) is 8.49. The van der Waals surface area contributed by atoms with Gasteiger partial charge in [-0.25, -0.2) is 0 Å².